The molecule has 0 amide bonds. The summed E-state index contributed by atoms with van der Waals surface area (Å²) in [6.45, 7) is 0. The SMILES string of the molecule is [C+]1=C(c2ccccc2)c2ccccc2C=C1c1ccccc1. The van der Waals surface area contributed by atoms with Crippen molar-refractivity contribution in [1.29, 1.82) is 0 Å². The number of hydrogen-bond donors (Lipinski definition) is 0. The van der Waals surface area contributed by atoms with Gasteiger partial charge in [0.05, 0.1) is 22.3 Å². The molecular weight excluding hydrogens is 264 g/mol. The molecular formula is C22H15+. The van der Waals surface area contributed by atoms with Gasteiger partial charge in [-0.2, -0.15) is 0 Å². The number of rotatable bonds is 2. The van der Waals surface area contributed by atoms with Gasteiger partial charge in [-0.15, -0.1) is 0 Å². The molecule has 0 aliphatic heterocycles. The molecule has 102 valence electrons. The minimum absolute atomic E-state index is 1.14. The maximum Gasteiger partial charge on any atom is 0.138 e. The number of allylic oxidation sites excluding steroid dienone is 2. The molecule has 22 heavy (non-hydrogen) atoms. The number of fused-ring (bicyclic) bond motifs is 1. The Morgan fingerprint density at radius 3 is 1.86 bits per heavy atom. The van der Waals surface area contributed by atoms with Crippen LogP contribution in [0.3, 0.4) is 0 Å². The first-order chi connectivity index (χ1) is 10.9. The second kappa shape index (κ2) is 5.44. The topological polar surface area (TPSA) is 0 Å². The molecule has 3 aromatic rings. The van der Waals surface area contributed by atoms with E-state index < -0.39 is 0 Å². The molecule has 1 aliphatic carbocycles. The highest BCUT2D eigenvalue weighted by Gasteiger charge is 2.23. The van der Waals surface area contributed by atoms with Crippen molar-refractivity contribution in [3.8, 4) is 0 Å². The molecule has 0 radical (unpaired) electrons. The van der Waals surface area contributed by atoms with Crippen molar-refractivity contribution >= 4 is 17.2 Å². The van der Waals surface area contributed by atoms with Gasteiger partial charge in [-0.05, 0) is 36.4 Å². The predicted octanol–water partition coefficient (Wildman–Crippen LogP) is 5.48. The third-order valence-corrected chi connectivity index (χ3v) is 3.94. The van der Waals surface area contributed by atoms with Crippen LogP contribution in [0.15, 0.2) is 84.9 Å². The van der Waals surface area contributed by atoms with E-state index in [2.05, 4.69) is 84.9 Å². The molecule has 0 heterocycles. The zero-order valence-corrected chi connectivity index (χ0v) is 12.2. The van der Waals surface area contributed by atoms with E-state index in [1.165, 1.54) is 22.3 Å². The van der Waals surface area contributed by atoms with Crippen LogP contribution in [0.25, 0.3) is 17.2 Å². The minimum Gasteiger partial charge on any atom is -0.0609 e. The predicted molar refractivity (Wildman–Crippen MR) is 92.9 cm³/mol. The summed E-state index contributed by atoms with van der Waals surface area (Å²) in [5.74, 6) is 0. The van der Waals surface area contributed by atoms with E-state index in [-0.39, 0.29) is 0 Å². The van der Waals surface area contributed by atoms with Gasteiger partial charge in [0.15, 0.2) is 0 Å². The lowest BCUT2D eigenvalue weighted by Gasteiger charge is -2.10. The van der Waals surface area contributed by atoms with Gasteiger partial charge in [-0.1, -0.05) is 48.5 Å². The molecule has 0 fully saturated rings. The second-order valence-corrected chi connectivity index (χ2v) is 5.38. The molecule has 0 aromatic heterocycles. The van der Waals surface area contributed by atoms with Gasteiger partial charge in [0, 0.05) is 12.2 Å². The summed E-state index contributed by atoms with van der Waals surface area (Å²) in [5.41, 5.74) is 7.20. The van der Waals surface area contributed by atoms with E-state index in [0.717, 1.165) is 11.1 Å². The Bertz CT molecular complexity index is 853. The molecule has 0 saturated carbocycles. The van der Waals surface area contributed by atoms with Gasteiger partial charge in [0.2, 0.25) is 0 Å². The molecule has 0 saturated heterocycles. The lowest BCUT2D eigenvalue weighted by Crippen LogP contribution is -1.98. The van der Waals surface area contributed by atoms with Crippen molar-refractivity contribution in [3.63, 3.8) is 0 Å². The van der Waals surface area contributed by atoms with Gasteiger partial charge in [0.25, 0.3) is 0 Å². The van der Waals surface area contributed by atoms with E-state index in [9.17, 15) is 0 Å². The molecule has 4 rings (SSSR count). The average Bonchev–Trinajstić information content (AvgIpc) is 2.62. The van der Waals surface area contributed by atoms with Crippen LogP contribution >= 0.6 is 0 Å². The first-order valence-corrected chi connectivity index (χ1v) is 7.48. The fourth-order valence-corrected chi connectivity index (χ4v) is 2.85. The molecule has 0 unspecified atom stereocenters. The summed E-state index contributed by atoms with van der Waals surface area (Å²) in [6.07, 6.45) is 5.84. The number of benzene rings is 3. The van der Waals surface area contributed by atoms with Gasteiger partial charge < -0.3 is 0 Å². The Kier molecular flexibility index (Phi) is 3.16. The minimum atomic E-state index is 1.14. The van der Waals surface area contributed by atoms with E-state index in [1.807, 2.05) is 12.1 Å². The summed E-state index contributed by atoms with van der Waals surface area (Å²) >= 11 is 0. The van der Waals surface area contributed by atoms with Crippen molar-refractivity contribution in [3.05, 3.63) is 113 Å². The van der Waals surface area contributed by atoms with Crippen molar-refractivity contribution < 1.29 is 0 Å². The van der Waals surface area contributed by atoms with Gasteiger partial charge in [-0.3, -0.25) is 0 Å². The second-order valence-electron chi connectivity index (χ2n) is 5.38. The Morgan fingerprint density at radius 1 is 0.545 bits per heavy atom. The maximum atomic E-state index is 3.62. The Morgan fingerprint density at radius 2 is 1.14 bits per heavy atom. The van der Waals surface area contributed by atoms with E-state index in [0.29, 0.717) is 0 Å². The zero-order chi connectivity index (χ0) is 14.8. The van der Waals surface area contributed by atoms with Gasteiger partial charge in [0.1, 0.15) is 11.1 Å². The van der Waals surface area contributed by atoms with Crippen LogP contribution in [0, 0.1) is 6.08 Å². The van der Waals surface area contributed by atoms with Crippen molar-refractivity contribution in [2.75, 3.05) is 0 Å². The first-order valence-electron chi connectivity index (χ1n) is 7.48. The third kappa shape index (κ3) is 2.26. The van der Waals surface area contributed by atoms with Crippen molar-refractivity contribution in [2.24, 2.45) is 0 Å². The molecule has 0 atom stereocenters. The molecule has 0 heteroatoms. The normalized spacial score (nSPS) is 12.7. The Hall–Kier alpha value is -2.95. The fourth-order valence-electron chi connectivity index (χ4n) is 2.85. The lowest BCUT2D eigenvalue weighted by molar-refractivity contribution is 1.49. The van der Waals surface area contributed by atoms with Gasteiger partial charge in [-0.25, -0.2) is 0 Å². The summed E-state index contributed by atoms with van der Waals surface area (Å²) in [7, 11) is 0. The largest absolute Gasteiger partial charge is 0.138 e. The fraction of sp³-hybridized carbons (Fsp3) is 0. The first kappa shape index (κ1) is 12.8. The van der Waals surface area contributed by atoms with Crippen molar-refractivity contribution in [2.45, 2.75) is 0 Å². The molecule has 3 aromatic carbocycles. The maximum absolute atomic E-state index is 3.62. The standard InChI is InChI=1S/C22H15/c1-3-9-17(10-4-1)20-15-19-13-7-8-14-21(19)22(16-20)18-11-5-2-6-12-18/h1-15H/q+1. The summed E-state index contributed by atoms with van der Waals surface area (Å²) in [4.78, 5) is 0. The highest BCUT2D eigenvalue weighted by atomic mass is 14.2. The van der Waals surface area contributed by atoms with Crippen LogP contribution in [0.1, 0.15) is 22.3 Å². The highest BCUT2D eigenvalue weighted by molar-refractivity contribution is 5.99. The average molecular weight is 279 g/mol. The lowest BCUT2D eigenvalue weighted by atomic mass is 9.86. The Labute approximate surface area is 131 Å². The summed E-state index contributed by atoms with van der Waals surface area (Å²) < 4.78 is 0. The molecule has 0 bridgehead atoms. The molecule has 0 spiro atoms. The van der Waals surface area contributed by atoms with E-state index in [4.69, 9.17) is 0 Å². The monoisotopic (exact) mass is 279 g/mol. The molecule has 0 nitrogen and oxygen atoms in total. The van der Waals surface area contributed by atoms with E-state index in [1.54, 1.807) is 0 Å². The smallest absolute Gasteiger partial charge is 0.0609 e. The van der Waals surface area contributed by atoms with Crippen LogP contribution in [0.4, 0.5) is 0 Å². The zero-order valence-electron chi connectivity index (χ0n) is 12.2. The van der Waals surface area contributed by atoms with E-state index >= 15 is 0 Å². The third-order valence-electron chi connectivity index (χ3n) is 3.94. The summed E-state index contributed by atoms with van der Waals surface area (Å²) in [6, 6.07) is 29.5. The van der Waals surface area contributed by atoms with Crippen LogP contribution < -0.4 is 0 Å². The summed E-state index contributed by atoms with van der Waals surface area (Å²) in [5, 5.41) is 0. The van der Waals surface area contributed by atoms with Gasteiger partial charge >= 0.3 is 0 Å². The van der Waals surface area contributed by atoms with Crippen LogP contribution in [-0.2, 0) is 0 Å². The highest BCUT2D eigenvalue weighted by Crippen LogP contribution is 2.35. The van der Waals surface area contributed by atoms with Crippen molar-refractivity contribution in [1.82, 2.24) is 0 Å². The van der Waals surface area contributed by atoms with Crippen LogP contribution in [-0.4, -0.2) is 0 Å². The van der Waals surface area contributed by atoms with Crippen LogP contribution in [0.5, 0.6) is 0 Å². The number of hydrogen-bond acceptors (Lipinski definition) is 0. The molecule has 1 aliphatic rings. The quantitative estimate of drug-likeness (QED) is 0.545. The molecule has 0 N–H and O–H groups in total. The van der Waals surface area contributed by atoms with Crippen LogP contribution in [0.2, 0.25) is 0 Å². The Balaban J connectivity index is 1.93.